The molecule has 0 aliphatic heterocycles. The highest BCUT2D eigenvalue weighted by atomic mass is 35.5. The van der Waals surface area contributed by atoms with Crippen LogP contribution in [0.2, 0.25) is 5.02 Å². The number of carbonyl (C=O) groups excluding carboxylic acids is 1. The zero-order valence-corrected chi connectivity index (χ0v) is 12.8. The highest BCUT2D eigenvalue weighted by molar-refractivity contribution is 7.85. The van der Waals surface area contributed by atoms with Gasteiger partial charge in [-0.1, -0.05) is 41.9 Å². The van der Waals surface area contributed by atoms with Crippen LogP contribution in [-0.2, 0) is 21.3 Å². The van der Waals surface area contributed by atoms with Gasteiger partial charge in [-0.05, 0) is 23.8 Å². The van der Waals surface area contributed by atoms with Gasteiger partial charge in [0.25, 0.3) is 0 Å². The summed E-state index contributed by atoms with van der Waals surface area (Å²) in [5, 5.41) is 3.21. The molecule has 21 heavy (non-hydrogen) atoms. The fourth-order valence-electron chi connectivity index (χ4n) is 1.78. The Bertz CT molecular complexity index is 619. The standard InChI is InChI=1S/C15H15ClN2O2S/c16-12-6-2-1-5-11(12)9-21(20)10-15(19)18-14-8-4-3-7-13(14)17/h1-8H,9-10,17H2,(H,18,19). The van der Waals surface area contributed by atoms with Crippen molar-refractivity contribution in [2.24, 2.45) is 0 Å². The van der Waals surface area contributed by atoms with Crippen molar-refractivity contribution < 1.29 is 9.00 Å². The van der Waals surface area contributed by atoms with Crippen molar-refractivity contribution in [3.63, 3.8) is 0 Å². The van der Waals surface area contributed by atoms with Crippen LogP contribution in [0.3, 0.4) is 0 Å². The lowest BCUT2D eigenvalue weighted by Crippen LogP contribution is -2.20. The van der Waals surface area contributed by atoms with E-state index in [4.69, 9.17) is 17.3 Å². The van der Waals surface area contributed by atoms with Crippen molar-refractivity contribution in [3.05, 3.63) is 59.1 Å². The van der Waals surface area contributed by atoms with Crippen LogP contribution in [0.25, 0.3) is 0 Å². The molecule has 6 heteroatoms. The number of hydrogen-bond donors (Lipinski definition) is 2. The molecule has 2 rings (SSSR count). The molecule has 0 aliphatic rings. The van der Waals surface area contributed by atoms with Gasteiger partial charge in [0, 0.05) is 15.8 Å². The van der Waals surface area contributed by atoms with Crippen LogP contribution in [-0.4, -0.2) is 15.9 Å². The number of carbonyl (C=O) groups is 1. The van der Waals surface area contributed by atoms with E-state index in [9.17, 15) is 9.00 Å². The van der Waals surface area contributed by atoms with Crippen LogP contribution in [0.15, 0.2) is 48.5 Å². The lowest BCUT2D eigenvalue weighted by molar-refractivity contribution is -0.113. The molecule has 2 aromatic carbocycles. The normalized spacial score (nSPS) is 11.9. The summed E-state index contributed by atoms with van der Waals surface area (Å²) in [5.41, 5.74) is 7.50. The minimum absolute atomic E-state index is 0.0977. The van der Waals surface area contributed by atoms with Gasteiger partial charge >= 0.3 is 0 Å². The van der Waals surface area contributed by atoms with E-state index < -0.39 is 10.8 Å². The summed E-state index contributed by atoms with van der Waals surface area (Å²) in [6.07, 6.45) is 0. The van der Waals surface area contributed by atoms with Crippen molar-refractivity contribution in [3.8, 4) is 0 Å². The molecular formula is C15H15ClN2O2S. The number of nitrogens with two attached hydrogens (primary N) is 1. The van der Waals surface area contributed by atoms with E-state index >= 15 is 0 Å². The van der Waals surface area contributed by atoms with Gasteiger partial charge < -0.3 is 11.1 Å². The second-order valence-electron chi connectivity index (χ2n) is 4.46. The van der Waals surface area contributed by atoms with Crippen LogP contribution in [0.1, 0.15) is 5.56 Å². The largest absolute Gasteiger partial charge is 0.397 e. The number of hydrogen-bond acceptors (Lipinski definition) is 3. The van der Waals surface area contributed by atoms with Crippen LogP contribution < -0.4 is 11.1 Å². The molecule has 0 spiro atoms. The molecule has 0 radical (unpaired) electrons. The quantitative estimate of drug-likeness (QED) is 0.831. The van der Waals surface area contributed by atoms with E-state index in [1.165, 1.54) is 0 Å². The highest BCUT2D eigenvalue weighted by Gasteiger charge is 2.11. The third kappa shape index (κ3) is 4.58. The van der Waals surface area contributed by atoms with E-state index in [0.717, 1.165) is 5.56 Å². The van der Waals surface area contributed by atoms with Gasteiger partial charge in [-0.3, -0.25) is 9.00 Å². The first-order valence-corrected chi connectivity index (χ1v) is 8.15. The van der Waals surface area contributed by atoms with Crippen molar-refractivity contribution in [1.29, 1.82) is 0 Å². The molecule has 0 bridgehead atoms. The fourth-order valence-corrected chi connectivity index (χ4v) is 3.13. The van der Waals surface area contributed by atoms with E-state index in [-0.39, 0.29) is 17.4 Å². The molecule has 1 amide bonds. The summed E-state index contributed by atoms with van der Waals surface area (Å²) >= 11 is 6.00. The van der Waals surface area contributed by atoms with E-state index in [1.807, 2.05) is 6.07 Å². The first-order chi connectivity index (χ1) is 10.1. The second kappa shape index (κ2) is 7.24. The van der Waals surface area contributed by atoms with Crippen molar-refractivity contribution in [2.75, 3.05) is 16.8 Å². The summed E-state index contributed by atoms with van der Waals surface area (Å²) in [5.74, 6) is -0.185. The van der Waals surface area contributed by atoms with Crippen LogP contribution in [0, 0.1) is 0 Å². The van der Waals surface area contributed by atoms with Crippen molar-refractivity contribution in [1.82, 2.24) is 0 Å². The number of rotatable bonds is 5. The van der Waals surface area contributed by atoms with Gasteiger partial charge in [0.2, 0.25) is 5.91 Å². The van der Waals surface area contributed by atoms with Gasteiger partial charge in [0.05, 0.1) is 17.1 Å². The minimum atomic E-state index is -1.33. The lowest BCUT2D eigenvalue weighted by atomic mass is 10.2. The van der Waals surface area contributed by atoms with E-state index in [2.05, 4.69) is 5.32 Å². The number of amides is 1. The Morgan fingerprint density at radius 1 is 1.14 bits per heavy atom. The van der Waals surface area contributed by atoms with Crippen molar-refractivity contribution >= 4 is 39.7 Å². The summed E-state index contributed by atoms with van der Waals surface area (Å²) in [4.78, 5) is 11.9. The highest BCUT2D eigenvalue weighted by Crippen LogP contribution is 2.18. The second-order valence-corrected chi connectivity index (χ2v) is 6.32. The number of anilines is 2. The molecule has 0 saturated carbocycles. The van der Waals surface area contributed by atoms with Gasteiger partial charge in [0.1, 0.15) is 5.75 Å². The number of nitrogens with one attached hydrogen (secondary N) is 1. The maximum atomic E-state index is 12.0. The lowest BCUT2D eigenvalue weighted by Gasteiger charge is -2.08. The molecule has 2 aromatic rings. The van der Waals surface area contributed by atoms with Crippen LogP contribution >= 0.6 is 11.6 Å². The third-order valence-corrected chi connectivity index (χ3v) is 4.39. The predicted molar refractivity (Wildman–Crippen MR) is 87.6 cm³/mol. The molecule has 0 saturated heterocycles. The zero-order valence-electron chi connectivity index (χ0n) is 11.2. The molecule has 0 heterocycles. The Kier molecular flexibility index (Phi) is 5.36. The molecule has 1 unspecified atom stereocenters. The summed E-state index contributed by atoms with van der Waals surface area (Å²) in [7, 11) is -1.33. The minimum Gasteiger partial charge on any atom is -0.397 e. The molecule has 3 N–H and O–H groups in total. The summed E-state index contributed by atoms with van der Waals surface area (Å²) in [6.45, 7) is 0. The summed E-state index contributed by atoms with van der Waals surface area (Å²) < 4.78 is 12.0. The summed E-state index contributed by atoms with van der Waals surface area (Å²) in [6, 6.07) is 14.1. The third-order valence-electron chi connectivity index (χ3n) is 2.80. The monoisotopic (exact) mass is 322 g/mol. The average Bonchev–Trinajstić information content (AvgIpc) is 2.44. The predicted octanol–water partition coefficient (Wildman–Crippen LogP) is 2.81. The number of halogens is 1. The van der Waals surface area contributed by atoms with E-state index in [0.29, 0.717) is 16.4 Å². The molecule has 4 nitrogen and oxygen atoms in total. The fraction of sp³-hybridized carbons (Fsp3) is 0.133. The smallest absolute Gasteiger partial charge is 0.237 e. The first kappa shape index (κ1) is 15.5. The molecule has 0 aromatic heterocycles. The number of nitrogen functional groups attached to an aromatic ring is 1. The first-order valence-electron chi connectivity index (χ1n) is 6.29. The Balaban J connectivity index is 1.93. The SMILES string of the molecule is Nc1ccccc1NC(=O)CS(=O)Cc1ccccc1Cl. The topological polar surface area (TPSA) is 72.2 Å². The zero-order chi connectivity index (χ0) is 15.2. The molecule has 1 atom stereocenters. The maximum absolute atomic E-state index is 12.0. The molecular weight excluding hydrogens is 308 g/mol. The van der Waals surface area contributed by atoms with Crippen molar-refractivity contribution in [2.45, 2.75) is 5.75 Å². The molecule has 110 valence electrons. The maximum Gasteiger partial charge on any atom is 0.237 e. The van der Waals surface area contributed by atoms with Gasteiger partial charge in [-0.2, -0.15) is 0 Å². The molecule has 0 fully saturated rings. The van der Waals surface area contributed by atoms with Crippen LogP contribution in [0.5, 0.6) is 0 Å². The Labute approximate surface area is 130 Å². The number of para-hydroxylation sites is 2. The Morgan fingerprint density at radius 3 is 2.52 bits per heavy atom. The van der Waals surface area contributed by atoms with Gasteiger partial charge in [-0.15, -0.1) is 0 Å². The Hall–Kier alpha value is -1.85. The van der Waals surface area contributed by atoms with Crippen LogP contribution in [0.4, 0.5) is 11.4 Å². The Morgan fingerprint density at radius 2 is 1.81 bits per heavy atom. The van der Waals surface area contributed by atoms with Gasteiger partial charge in [0.15, 0.2) is 0 Å². The van der Waals surface area contributed by atoms with E-state index in [1.54, 1.807) is 42.5 Å². The average molecular weight is 323 g/mol. The van der Waals surface area contributed by atoms with Gasteiger partial charge in [-0.25, -0.2) is 0 Å². The molecule has 0 aliphatic carbocycles. The number of benzene rings is 2.